The summed E-state index contributed by atoms with van der Waals surface area (Å²) in [5, 5.41) is 6.15. The Labute approximate surface area is 208 Å². The van der Waals surface area contributed by atoms with Crippen molar-refractivity contribution < 1.29 is 9.53 Å². The Hall–Kier alpha value is -4.04. The van der Waals surface area contributed by atoms with E-state index in [-0.39, 0.29) is 11.7 Å². The highest BCUT2D eigenvalue weighted by Crippen LogP contribution is 2.25. The zero-order chi connectivity index (χ0) is 25.8. The molecule has 2 rings (SSSR count). The van der Waals surface area contributed by atoms with E-state index in [1.165, 1.54) is 0 Å². The number of nitrogens with two attached hydrogens (primary N) is 2. The number of carbonyl (C=O) groups is 1. The Morgan fingerprint density at radius 1 is 1.14 bits per heavy atom. The highest BCUT2D eigenvalue weighted by molar-refractivity contribution is 6.11. The van der Waals surface area contributed by atoms with Crippen molar-refractivity contribution in [2.24, 2.45) is 10.7 Å². The standard InChI is InChI=1S/C27H36N6O2/c1-6-8-26(35-16-15-33(4)5)31-23-12-9-21(10-13-23)27(34)32-25-17-22(11-14-24(25)29)20(7-2)18-30-19(3)28/h7-14,17-18,31H,3,6,15-16,28-29H2,1-2,4-5H3,(H,32,34)/b20-7+,26-8-,30-18-. The van der Waals surface area contributed by atoms with E-state index < -0.39 is 0 Å². The van der Waals surface area contributed by atoms with Gasteiger partial charge in [-0.15, -0.1) is 0 Å². The number of benzene rings is 2. The molecule has 2 aromatic carbocycles. The van der Waals surface area contributed by atoms with Crippen LogP contribution in [0.5, 0.6) is 0 Å². The van der Waals surface area contributed by atoms with E-state index in [1.807, 2.05) is 58.3 Å². The Morgan fingerprint density at radius 3 is 2.43 bits per heavy atom. The van der Waals surface area contributed by atoms with E-state index in [0.29, 0.717) is 29.4 Å². The van der Waals surface area contributed by atoms with Crippen molar-refractivity contribution in [3.8, 4) is 0 Å². The smallest absolute Gasteiger partial charge is 0.255 e. The van der Waals surface area contributed by atoms with Crippen LogP contribution in [-0.2, 0) is 4.74 Å². The highest BCUT2D eigenvalue weighted by atomic mass is 16.5. The largest absolute Gasteiger partial charge is 0.478 e. The zero-order valence-corrected chi connectivity index (χ0v) is 21.0. The molecule has 0 saturated heterocycles. The summed E-state index contributed by atoms with van der Waals surface area (Å²) >= 11 is 0. The van der Waals surface area contributed by atoms with Crippen LogP contribution in [0.15, 0.2) is 77.9 Å². The van der Waals surface area contributed by atoms with Gasteiger partial charge in [0.1, 0.15) is 12.4 Å². The number of carbonyl (C=O) groups excluding carboxylic acids is 1. The minimum absolute atomic E-state index is 0.212. The van der Waals surface area contributed by atoms with Gasteiger partial charge in [0.15, 0.2) is 5.88 Å². The van der Waals surface area contributed by atoms with Crippen LogP contribution < -0.4 is 22.1 Å². The average molecular weight is 477 g/mol. The van der Waals surface area contributed by atoms with Gasteiger partial charge in [-0.05, 0) is 81.1 Å². The number of nitrogen functional groups attached to an aromatic ring is 1. The fourth-order valence-electron chi connectivity index (χ4n) is 3.02. The Balaban J connectivity index is 2.11. The first-order valence-corrected chi connectivity index (χ1v) is 11.4. The number of likely N-dealkylation sites (N-methyl/N-ethyl adjacent to an activating group) is 1. The summed E-state index contributed by atoms with van der Waals surface area (Å²) in [7, 11) is 4.00. The minimum Gasteiger partial charge on any atom is -0.478 e. The molecular weight excluding hydrogens is 440 g/mol. The predicted molar refractivity (Wildman–Crippen MR) is 147 cm³/mol. The number of nitrogens with one attached hydrogen (secondary N) is 2. The summed E-state index contributed by atoms with van der Waals surface area (Å²) in [5.41, 5.74) is 15.6. The zero-order valence-electron chi connectivity index (χ0n) is 21.0. The van der Waals surface area contributed by atoms with E-state index in [0.717, 1.165) is 29.8 Å². The van der Waals surface area contributed by atoms with E-state index in [1.54, 1.807) is 30.5 Å². The van der Waals surface area contributed by atoms with Gasteiger partial charge in [-0.25, -0.2) is 4.99 Å². The number of aliphatic imine (C=N–C) groups is 1. The molecule has 0 bridgehead atoms. The van der Waals surface area contributed by atoms with Crippen LogP contribution in [0, 0.1) is 0 Å². The normalized spacial score (nSPS) is 12.1. The lowest BCUT2D eigenvalue weighted by Crippen LogP contribution is -2.19. The molecule has 0 heterocycles. The number of hydrogen-bond donors (Lipinski definition) is 4. The number of rotatable bonds is 12. The number of ether oxygens (including phenoxy) is 1. The van der Waals surface area contributed by atoms with Crippen LogP contribution in [-0.4, -0.2) is 44.3 Å². The second-order valence-electron chi connectivity index (χ2n) is 8.08. The molecule has 0 aliphatic rings. The Morgan fingerprint density at radius 2 is 1.83 bits per heavy atom. The number of amides is 1. The lowest BCUT2D eigenvalue weighted by Gasteiger charge is -2.15. The summed E-state index contributed by atoms with van der Waals surface area (Å²) in [5.74, 6) is 0.638. The topological polar surface area (TPSA) is 118 Å². The van der Waals surface area contributed by atoms with Crippen molar-refractivity contribution in [2.75, 3.05) is 43.6 Å². The van der Waals surface area contributed by atoms with Gasteiger partial charge in [-0.3, -0.25) is 4.79 Å². The third-order valence-electron chi connectivity index (χ3n) is 4.92. The second kappa shape index (κ2) is 13.6. The van der Waals surface area contributed by atoms with Crippen LogP contribution >= 0.6 is 0 Å². The summed E-state index contributed by atoms with van der Waals surface area (Å²) in [6.45, 7) is 8.90. The van der Waals surface area contributed by atoms with Gasteiger partial charge < -0.3 is 31.7 Å². The Kier molecular flexibility index (Phi) is 10.6. The van der Waals surface area contributed by atoms with Gasteiger partial charge in [0.2, 0.25) is 0 Å². The molecule has 6 N–H and O–H groups in total. The molecule has 0 radical (unpaired) electrons. The SMILES string of the molecule is C=C(N)/N=C\C(=C/C)c1ccc(N)c(NC(=O)c2ccc(N/C(=C/CC)OCCN(C)C)cc2)c1. The maximum absolute atomic E-state index is 12.9. The van der Waals surface area contributed by atoms with Crippen molar-refractivity contribution in [1.29, 1.82) is 0 Å². The molecule has 0 unspecified atom stereocenters. The molecule has 2 aromatic rings. The van der Waals surface area contributed by atoms with Crippen LogP contribution in [0.25, 0.3) is 5.57 Å². The third kappa shape index (κ3) is 9.02. The average Bonchev–Trinajstić information content (AvgIpc) is 2.81. The molecule has 1 amide bonds. The molecule has 186 valence electrons. The first-order chi connectivity index (χ1) is 16.7. The molecule has 0 aliphatic carbocycles. The van der Waals surface area contributed by atoms with Crippen molar-refractivity contribution in [3.63, 3.8) is 0 Å². The molecule has 35 heavy (non-hydrogen) atoms. The van der Waals surface area contributed by atoms with Gasteiger partial charge in [-0.2, -0.15) is 0 Å². The molecule has 8 heteroatoms. The molecule has 0 saturated carbocycles. The van der Waals surface area contributed by atoms with Crippen molar-refractivity contribution in [1.82, 2.24) is 4.90 Å². The molecule has 0 atom stereocenters. The molecule has 0 aromatic heterocycles. The molecule has 0 aliphatic heterocycles. The first kappa shape index (κ1) is 27.2. The van der Waals surface area contributed by atoms with Crippen molar-refractivity contribution in [3.05, 3.63) is 84.0 Å². The van der Waals surface area contributed by atoms with Crippen LogP contribution in [0.1, 0.15) is 36.2 Å². The van der Waals surface area contributed by atoms with E-state index in [4.69, 9.17) is 16.2 Å². The number of allylic oxidation sites excluding steroid dienone is 3. The van der Waals surface area contributed by atoms with Gasteiger partial charge in [0, 0.05) is 24.0 Å². The maximum Gasteiger partial charge on any atom is 0.255 e. The highest BCUT2D eigenvalue weighted by Gasteiger charge is 2.11. The lowest BCUT2D eigenvalue weighted by molar-refractivity contribution is 0.102. The predicted octanol–water partition coefficient (Wildman–Crippen LogP) is 4.67. The van der Waals surface area contributed by atoms with Gasteiger partial charge >= 0.3 is 0 Å². The second-order valence-corrected chi connectivity index (χ2v) is 8.08. The van der Waals surface area contributed by atoms with Crippen LogP contribution in [0.3, 0.4) is 0 Å². The monoisotopic (exact) mass is 476 g/mol. The van der Waals surface area contributed by atoms with E-state index >= 15 is 0 Å². The first-order valence-electron chi connectivity index (χ1n) is 11.4. The summed E-state index contributed by atoms with van der Waals surface area (Å²) in [6.07, 6.45) is 6.34. The molecular formula is C27H36N6O2. The van der Waals surface area contributed by atoms with Gasteiger partial charge in [0.05, 0.1) is 11.4 Å². The van der Waals surface area contributed by atoms with Crippen molar-refractivity contribution >= 4 is 34.8 Å². The molecule has 8 nitrogen and oxygen atoms in total. The van der Waals surface area contributed by atoms with Crippen LogP contribution in [0.2, 0.25) is 0 Å². The summed E-state index contributed by atoms with van der Waals surface area (Å²) in [4.78, 5) is 19.0. The number of anilines is 3. The quantitative estimate of drug-likeness (QED) is 0.201. The van der Waals surface area contributed by atoms with E-state index in [2.05, 4.69) is 27.1 Å². The maximum atomic E-state index is 12.9. The van der Waals surface area contributed by atoms with Crippen LogP contribution in [0.4, 0.5) is 17.1 Å². The minimum atomic E-state index is -0.266. The Bertz CT molecular complexity index is 1100. The molecule has 0 spiro atoms. The van der Waals surface area contributed by atoms with E-state index in [9.17, 15) is 4.79 Å². The third-order valence-corrected chi connectivity index (χ3v) is 4.92. The lowest BCUT2D eigenvalue weighted by atomic mass is 10.0. The van der Waals surface area contributed by atoms with Crippen molar-refractivity contribution in [2.45, 2.75) is 20.3 Å². The van der Waals surface area contributed by atoms with Gasteiger partial charge in [0.25, 0.3) is 5.91 Å². The molecule has 0 fully saturated rings. The van der Waals surface area contributed by atoms with Gasteiger partial charge in [-0.1, -0.05) is 25.6 Å². The summed E-state index contributed by atoms with van der Waals surface area (Å²) in [6, 6.07) is 12.6. The number of hydrogen-bond acceptors (Lipinski definition) is 7. The fourth-order valence-corrected chi connectivity index (χ4v) is 3.02. The fraction of sp³-hybridized carbons (Fsp3) is 0.259. The summed E-state index contributed by atoms with van der Waals surface area (Å²) < 4.78 is 5.83. The number of nitrogens with zero attached hydrogens (tertiary/aromatic N) is 2.